The first kappa shape index (κ1) is 14.0. The van der Waals surface area contributed by atoms with Crippen LogP contribution in [0.5, 0.6) is 0 Å². The SMILES string of the molecule is CC(C)C(CN)CNCCc1ccc(Cl)s1. The topological polar surface area (TPSA) is 38.0 Å². The molecule has 0 aliphatic heterocycles. The molecule has 0 radical (unpaired) electrons. The Morgan fingerprint density at radius 2 is 2.19 bits per heavy atom. The third-order valence-corrected chi connectivity index (χ3v) is 4.12. The van der Waals surface area contributed by atoms with Gasteiger partial charge in [-0.25, -0.2) is 0 Å². The molecular weight excluding hydrogens is 240 g/mol. The Hall–Kier alpha value is -0.0900. The number of nitrogens with one attached hydrogen (secondary N) is 1. The zero-order valence-corrected chi connectivity index (χ0v) is 11.6. The maximum absolute atomic E-state index is 5.87. The minimum atomic E-state index is 0.576. The molecule has 0 aliphatic rings. The van der Waals surface area contributed by atoms with Crippen molar-refractivity contribution in [3.05, 3.63) is 21.3 Å². The largest absolute Gasteiger partial charge is 0.330 e. The average molecular weight is 261 g/mol. The van der Waals surface area contributed by atoms with Crippen molar-refractivity contribution >= 4 is 22.9 Å². The second kappa shape index (κ2) is 7.28. The first-order valence-electron chi connectivity index (χ1n) is 5.78. The summed E-state index contributed by atoms with van der Waals surface area (Å²) in [5.74, 6) is 1.22. The van der Waals surface area contributed by atoms with E-state index < -0.39 is 0 Å². The van der Waals surface area contributed by atoms with Crippen LogP contribution in [-0.2, 0) is 6.42 Å². The molecule has 0 saturated heterocycles. The molecule has 4 heteroatoms. The van der Waals surface area contributed by atoms with Gasteiger partial charge in [0, 0.05) is 4.88 Å². The maximum atomic E-state index is 5.87. The minimum Gasteiger partial charge on any atom is -0.330 e. The molecule has 16 heavy (non-hydrogen) atoms. The Labute approximate surface area is 107 Å². The Morgan fingerprint density at radius 1 is 1.44 bits per heavy atom. The highest BCUT2D eigenvalue weighted by atomic mass is 35.5. The standard InChI is InChI=1S/C12H21ClN2S/c1-9(2)10(7-14)8-15-6-5-11-3-4-12(13)16-11/h3-4,9-10,15H,5-8,14H2,1-2H3. The normalized spacial score (nSPS) is 13.3. The number of nitrogens with two attached hydrogens (primary N) is 1. The lowest BCUT2D eigenvalue weighted by Crippen LogP contribution is -2.32. The zero-order valence-electron chi connectivity index (χ0n) is 10.0. The Morgan fingerprint density at radius 3 is 2.69 bits per heavy atom. The van der Waals surface area contributed by atoms with E-state index in [1.54, 1.807) is 11.3 Å². The predicted octanol–water partition coefficient (Wildman–Crippen LogP) is 2.76. The van der Waals surface area contributed by atoms with Gasteiger partial charge in [0.1, 0.15) is 0 Å². The Kier molecular flexibility index (Phi) is 6.36. The molecule has 0 amide bonds. The van der Waals surface area contributed by atoms with Crippen LogP contribution in [0.1, 0.15) is 18.7 Å². The average Bonchev–Trinajstić information content (AvgIpc) is 2.64. The van der Waals surface area contributed by atoms with Gasteiger partial charge in [0.2, 0.25) is 0 Å². The van der Waals surface area contributed by atoms with Gasteiger partial charge in [-0.15, -0.1) is 11.3 Å². The smallest absolute Gasteiger partial charge is 0.0931 e. The van der Waals surface area contributed by atoms with Crippen LogP contribution in [0.2, 0.25) is 4.34 Å². The molecule has 92 valence electrons. The molecular formula is C12H21ClN2S. The highest BCUT2D eigenvalue weighted by molar-refractivity contribution is 7.16. The van der Waals surface area contributed by atoms with Crippen LogP contribution in [-0.4, -0.2) is 19.6 Å². The maximum Gasteiger partial charge on any atom is 0.0931 e. The number of thiophene rings is 1. The number of hydrogen-bond acceptors (Lipinski definition) is 3. The second-order valence-corrected chi connectivity index (χ2v) is 6.20. The molecule has 0 bridgehead atoms. The third-order valence-electron chi connectivity index (χ3n) is 2.83. The summed E-state index contributed by atoms with van der Waals surface area (Å²) in [5.41, 5.74) is 5.71. The summed E-state index contributed by atoms with van der Waals surface area (Å²) in [6.07, 6.45) is 1.05. The first-order chi connectivity index (χ1) is 7.63. The Balaban J connectivity index is 2.16. The van der Waals surface area contributed by atoms with Crippen LogP contribution in [0.4, 0.5) is 0 Å². The van der Waals surface area contributed by atoms with Crippen molar-refractivity contribution in [2.75, 3.05) is 19.6 Å². The van der Waals surface area contributed by atoms with Crippen LogP contribution in [0.25, 0.3) is 0 Å². The third kappa shape index (κ3) is 4.83. The Bertz CT molecular complexity index is 299. The van der Waals surface area contributed by atoms with Gasteiger partial charge in [-0.1, -0.05) is 25.4 Å². The highest BCUT2D eigenvalue weighted by Crippen LogP contribution is 2.21. The molecule has 0 spiro atoms. The summed E-state index contributed by atoms with van der Waals surface area (Å²) < 4.78 is 0.872. The van der Waals surface area contributed by atoms with Crippen LogP contribution in [0.15, 0.2) is 12.1 Å². The van der Waals surface area contributed by atoms with Crippen molar-refractivity contribution in [1.82, 2.24) is 5.32 Å². The summed E-state index contributed by atoms with van der Waals surface area (Å²) >= 11 is 7.53. The lowest BCUT2D eigenvalue weighted by Gasteiger charge is -2.19. The predicted molar refractivity (Wildman–Crippen MR) is 73.3 cm³/mol. The molecule has 1 atom stereocenters. The summed E-state index contributed by atoms with van der Waals surface area (Å²) in [6.45, 7) is 7.21. The molecule has 1 aromatic rings. The van der Waals surface area contributed by atoms with Crippen molar-refractivity contribution < 1.29 is 0 Å². The molecule has 2 nitrogen and oxygen atoms in total. The van der Waals surface area contributed by atoms with Gasteiger partial charge < -0.3 is 11.1 Å². The summed E-state index contributed by atoms with van der Waals surface area (Å²) in [6, 6.07) is 4.05. The van der Waals surface area contributed by atoms with E-state index in [1.807, 2.05) is 6.07 Å². The first-order valence-corrected chi connectivity index (χ1v) is 6.98. The monoisotopic (exact) mass is 260 g/mol. The van der Waals surface area contributed by atoms with Crippen LogP contribution < -0.4 is 11.1 Å². The van der Waals surface area contributed by atoms with Gasteiger partial charge in [0.15, 0.2) is 0 Å². The lowest BCUT2D eigenvalue weighted by molar-refractivity contribution is 0.372. The van der Waals surface area contributed by atoms with Crippen molar-refractivity contribution in [1.29, 1.82) is 0 Å². The molecule has 0 fully saturated rings. The van der Waals surface area contributed by atoms with Crippen LogP contribution >= 0.6 is 22.9 Å². The fraction of sp³-hybridized carbons (Fsp3) is 0.667. The van der Waals surface area contributed by atoms with E-state index in [0.717, 1.165) is 30.4 Å². The zero-order chi connectivity index (χ0) is 12.0. The van der Waals surface area contributed by atoms with Crippen LogP contribution in [0.3, 0.4) is 0 Å². The summed E-state index contributed by atoms with van der Waals surface area (Å²) in [7, 11) is 0. The highest BCUT2D eigenvalue weighted by Gasteiger charge is 2.10. The van der Waals surface area contributed by atoms with Crippen molar-refractivity contribution in [3.8, 4) is 0 Å². The number of rotatable bonds is 7. The molecule has 1 unspecified atom stereocenters. The van der Waals surface area contributed by atoms with E-state index >= 15 is 0 Å². The molecule has 3 N–H and O–H groups in total. The molecule has 1 heterocycles. The fourth-order valence-electron chi connectivity index (χ4n) is 1.58. The fourth-order valence-corrected chi connectivity index (χ4v) is 2.66. The summed E-state index contributed by atoms with van der Waals surface area (Å²) in [4.78, 5) is 1.34. The summed E-state index contributed by atoms with van der Waals surface area (Å²) in [5, 5.41) is 3.46. The quantitative estimate of drug-likeness (QED) is 0.740. The van der Waals surface area contributed by atoms with E-state index in [0.29, 0.717) is 11.8 Å². The molecule has 1 rings (SSSR count). The van der Waals surface area contributed by atoms with Gasteiger partial charge in [-0.2, -0.15) is 0 Å². The lowest BCUT2D eigenvalue weighted by atomic mass is 9.96. The van der Waals surface area contributed by atoms with E-state index in [1.165, 1.54) is 4.88 Å². The van der Waals surface area contributed by atoms with E-state index in [4.69, 9.17) is 17.3 Å². The van der Waals surface area contributed by atoms with Crippen LogP contribution in [0, 0.1) is 11.8 Å². The molecule has 0 saturated carbocycles. The van der Waals surface area contributed by atoms with E-state index in [9.17, 15) is 0 Å². The number of hydrogen-bond donors (Lipinski definition) is 2. The molecule has 0 aromatic carbocycles. The van der Waals surface area contributed by atoms with Crippen molar-refractivity contribution in [2.45, 2.75) is 20.3 Å². The minimum absolute atomic E-state index is 0.576. The van der Waals surface area contributed by atoms with E-state index in [-0.39, 0.29) is 0 Å². The molecule has 1 aromatic heterocycles. The van der Waals surface area contributed by atoms with Crippen molar-refractivity contribution in [2.24, 2.45) is 17.6 Å². The molecule has 0 aliphatic carbocycles. The van der Waals surface area contributed by atoms with Gasteiger partial charge in [0.05, 0.1) is 4.34 Å². The second-order valence-electron chi connectivity index (χ2n) is 4.40. The number of halogens is 1. The van der Waals surface area contributed by atoms with Gasteiger partial charge in [0.25, 0.3) is 0 Å². The van der Waals surface area contributed by atoms with Gasteiger partial charge in [-0.05, 0) is 50.0 Å². The van der Waals surface area contributed by atoms with E-state index in [2.05, 4.69) is 25.2 Å². The van der Waals surface area contributed by atoms with Crippen molar-refractivity contribution in [3.63, 3.8) is 0 Å². The van der Waals surface area contributed by atoms with Gasteiger partial charge in [-0.3, -0.25) is 0 Å². The van der Waals surface area contributed by atoms with Gasteiger partial charge >= 0.3 is 0 Å².